The normalized spacial score (nSPS) is 10.9. The molecule has 0 amide bonds. The molecule has 0 saturated heterocycles. The first kappa shape index (κ1) is 16.2. The predicted molar refractivity (Wildman–Crippen MR) is 79.6 cm³/mol. The molecule has 108 valence electrons. The van der Waals surface area contributed by atoms with Crippen LogP contribution in [0.1, 0.15) is 45.6 Å². The minimum absolute atomic E-state index is 0.166. The molecule has 0 fully saturated rings. The molecule has 0 spiro atoms. The average molecular weight is 273 g/mol. The van der Waals surface area contributed by atoms with Gasteiger partial charge >= 0.3 is 0 Å². The molecule has 0 N–H and O–H groups in total. The fourth-order valence-corrected chi connectivity index (χ4v) is 1.91. The van der Waals surface area contributed by atoms with Crippen LogP contribution in [-0.2, 0) is 11.2 Å². The third-order valence-corrected chi connectivity index (χ3v) is 3.14. The van der Waals surface area contributed by atoms with Crippen LogP contribution in [0.25, 0.3) is 0 Å². The van der Waals surface area contributed by atoms with E-state index in [2.05, 4.69) is 6.07 Å². The minimum atomic E-state index is -0.242. The lowest BCUT2D eigenvalue weighted by atomic mass is 9.89. The van der Waals surface area contributed by atoms with E-state index in [9.17, 15) is 4.79 Å². The highest BCUT2D eigenvalue weighted by Crippen LogP contribution is 2.21. The van der Waals surface area contributed by atoms with E-state index in [0.29, 0.717) is 13.0 Å². The maximum absolute atomic E-state index is 11.0. The Kier molecular flexibility index (Phi) is 6.24. The fraction of sp³-hybridized carbons (Fsp3) is 0.529. The minimum Gasteiger partial charge on any atom is -0.494 e. The number of ether oxygens (including phenoxy) is 1. The summed E-state index contributed by atoms with van der Waals surface area (Å²) in [5.74, 6) is 0.996. The number of ketones is 1. The van der Waals surface area contributed by atoms with E-state index in [4.69, 9.17) is 10.00 Å². The highest BCUT2D eigenvalue weighted by atomic mass is 16.5. The van der Waals surface area contributed by atoms with Crippen LogP contribution in [0.2, 0.25) is 0 Å². The van der Waals surface area contributed by atoms with Crippen molar-refractivity contribution < 1.29 is 9.53 Å². The van der Waals surface area contributed by atoms with Gasteiger partial charge in [0, 0.05) is 6.42 Å². The van der Waals surface area contributed by atoms with Crippen LogP contribution >= 0.6 is 0 Å². The molecule has 3 nitrogen and oxygen atoms in total. The van der Waals surface area contributed by atoms with E-state index in [1.54, 1.807) is 6.92 Å². The van der Waals surface area contributed by atoms with Gasteiger partial charge in [0.15, 0.2) is 0 Å². The lowest BCUT2D eigenvalue weighted by molar-refractivity contribution is -0.116. The Balaban J connectivity index is 2.26. The fourth-order valence-electron chi connectivity index (χ4n) is 1.91. The Morgan fingerprint density at radius 1 is 1.25 bits per heavy atom. The molecular weight excluding hydrogens is 250 g/mol. The smallest absolute Gasteiger partial charge is 0.134 e. The Bertz CT molecular complexity index is 469. The molecule has 0 aliphatic heterocycles. The van der Waals surface area contributed by atoms with Crippen molar-refractivity contribution in [1.82, 2.24) is 0 Å². The van der Waals surface area contributed by atoms with Crippen LogP contribution in [0.3, 0.4) is 0 Å². The summed E-state index contributed by atoms with van der Waals surface area (Å²) in [6.45, 7) is 6.17. The van der Waals surface area contributed by atoms with E-state index in [0.717, 1.165) is 30.6 Å². The van der Waals surface area contributed by atoms with E-state index in [1.807, 2.05) is 38.1 Å². The standard InChI is InChI=1S/C17H23NO2/c1-14(19)12-15-6-8-16(9-7-15)20-11-5-4-10-17(2,3)13-18/h6-9H,4-5,10-12H2,1-3H3. The highest BCUT2D eigenvalue weighted by Gasteiger charge is 2.15. The second-order valence-corrected chi connectivity index (χ2v) is 5.82. The van der Waals surface area contributed by atoms with Crippen molar-refractivity contribution in [3.05, 3.63) is 29.8 Å². The summed E-state index contributed by atoms with van der Waals surface area (Å²) in [6.07, 6.45) is 3.30. The van der Waals surface area contributed by atoms with E-state index < -0.39 is 0 Å². The van der Waals surface area contributed by atoms with Gasteiger partial charge in [0.25, 0.3) is 0 Å². The molecule has 0 aliphatic rings. The van der Waals surface area contributed by atoms with Crippen LogP contribution < -0.4 is 4.74 Å². The van der Waals surface area contributed by atoms with Crippen molar-refractivity contribution in [3.8, 4) is 11.8 Å². The van der Waals surface area contributed by atoms with Crippen molar-refractivity contribution in [2.75, 3.05) is 6.61 Å². The molecule has 0 saturated carbocycles. The first-order valence-electron chi connectivity index (χ1n) is 7.05. The summed E-state index contributed by atoms with van der Waals surface area (Å²) in [4.78, 5) is 11.0. The number of carbonyl (C=O) groups is 1. The largest absolute Gasteiger partial charge is 0.494 e. The van der Waals surface area contributed by atoms with E-state index in [-0.39, 0.29) is 11.2 Å². The third-order valence-electron chi connectivity index (χ3n) is 3.14. The van der Waals surface area contributed by atoms with Gasteiger partial charge in [0.2, 0.25) is 0 Å². The molecule has 0 aromatic heterocycles. The number of unbranched alkanes of at least 4 members (excludes halogenated alkanes) is 1. The topological polar surface area (TPSA) is 50.1 Å². The maximum Gasteiger partial charge on any atom is 0.134 e. The summed E-state index contributed by atoms with van der Waals surface area (Å²) in [6, 6.07) is 9.96. The number of carbonyl (C=O) groups excluding carboxylic acids is 1. The van der Waals surface area contributed by atoms with Gasteiger partial charge in [0.05, 0.1) is 18.1 Å². The van der Waals surface area contributed by atoms with E-state index >= 15 is 0 Å². The van der Waals surface area contributed by atoms with Crippen molar-refractivity contribution in [2.24, 2.45) is 5.41 Å². The van der Waals surface area contributed by atoms with Gasteiger partial charge in [-0.05, 0) is 57.7 Å². The number of hydrogen-bond donors (Lipinski definition) is 0. The average Bonchev–Trinajstić information content (AvgIpc) is 2.39. The van der Waals surface area contributed by atoms with Crippen molar-refractivity contribution in [1.29, 1.82) is 5.26 Å². The predicted octanol–water partition coefficient (Wildman–Crippen LogP) is 3.92. The monoisotopic (exact) mass is 273 g/mol. The van der Waals surface area contributed by atoms with Gasteiger partial charge < -0.3 is 4.74 Å². The Morgan fingerprint density at radius 3 is 2.45 bits per heavy atom. The highest BCUT2D eigenvalue weighted by molar-refractivity contribution is 5.78. The maximum atomic E-state index is 11.0. The zero-order chi connectivity index (χ0) is 15.0. The number of hydrogen-bond acceptors (Lipinski definition) is 3. The molecule has 0 atom stereocenters. The molecular formula is C17H23NO2. The number of nitrogens with zero attached hydrogens (tertiary/aromatic N) is 1. The number of rotatable bonds is 8. The molecule has 0 heterocycles. The molecule has 1 rings (SSSR count). The molecule has 20 heavy (non-hydrogen) atoms. The summed E-state index contributed by atoms with van der Waals surface area (Å²) in [5.41, 5.74) is 0.773. The zero-order valence-electron chi connectivity index (χ0n) is 12.6. The first-order chi connectivity index (χ1) is 9.43. The summed E-state index contributed by atoms with van der Waals surface area (Å²) >= 11 is 0. The Morgan fingerprint density at radius 2 is 1.90 bits per heavy atom. The molecule has 0 aliphatic carbocycles. The van der Waals surface area contributed by atoms with Crippen LogP contribution in [0.15, 0.2) is 24.3 Å². The molecule has 3 heteroatoms. The van der Waals surface area contributed by atoms with Crippen molar-refractivity contribution in [2.45, 2.75) is 46.5 Å². The van der Waals surface area contributed by atoms with E-state index in [1.165, 1.54) is 0 Å². The number of nitriles is 1. The van der Waals surface area contributed by atoms with Crippen molar-refractivity contribution >= 4 is 5.78 Å². The Labute approximate surface area is 121 Å². The summed E-state index contributed by atoms with van der Waals surface area (Å²) in [7, 11) is 0. The van der Waals surface area contributed by atoms with Crippen LogP contribution in [0.5, 0.6) is 5.75 Å². The number of benzene rings is 1. The lowest BCUT2D eigenvalue weighted by Gasteiger charge is -2.14. The molecule has 1 aromatic rings. The van der Waals surface area contributed by atoms with Gasteiger partial charge in [0.1, 0.15) is 11.5 Å². The molecule has 0 unspecified atom stereocenters. The number of Topliss-reactive ketones (excluding diaryl/α,β-unsaturated/α-hetero) is 1. The van der Waals surface area contributed by atoms with Crippen LogP contribution in [0.4, 0.5) is 0 Å². The molecule has 0 radical (unpaired) electrons. The van der Waals surface area contributed by atoms with Gasteiger partial charge in [-0.25, -0.2) is 0 Å². The second kappa shape index (κ2) is 7.69. The Hall–Kier alpha value is -1.82. The summed E-state index contributed by atoms with van der Waals surface area (Å²) < 4.78 is 5.65. The van der Waals surface area contributed by atoms with Gasteiger partial charge in [-0.1, -0.05) is 12.1 Å². The lowest BCUT2D eigenvalue weighted by Crippen LogP contribution is -2.08. The SMILES string of the molecule is CC(=O)Cc1ccc(OCCCCC(C)(C)C#N)cc1. The quantitative estimate of drug-likeness (QED) is 0.674. The summed E-state index contributed by atoms with van der Waals surface area (Å²) in [5, 5.41) is 8.91. The second-order valence-electron chi connectivity index (χ2n) is 5.82. The molecule has 1 aromatic carbocycles. The van der Waals surface area contributed by atoms with Crippen LogP contribution in [-0.4, -0.2) is 12.4 Å². The van der Waals surface area contributed by atoms with Gasteiger partial charge in [-0.15, -0.1) is 0 Å². The van der Waals surface area contributed by atoms with Crippen LogP contribution in [0, 0.1) is 16.7 Å². The third kappa shape index (κ3) is 6.38. The zero-order valence-corrected chi connectivity index (χ0v) is 12.6. The van der Waals surface area contributed by atoms with Crippen molar-refractivity contribution in [3.63, 3.8) is 0 Å². The first-order valence-corrected chi connectivity index (χ1v) is 7.05. The molecule has 0 bridgehead atoms. The van der Waals surface area contributed by atoms with Gasteiger partial charge in [-0.2, -0.15) is 5.26 Å². The van der Waals surface area contributed by atoms with Gasteiger partial charge in [-0.3, -0.25) is 4.79 Å².